The van der Waals surface area contributed by atoms with E-state index in [4.69, 9.17) is 0 Å². The number of thioether (sulfide) groups is 1. The molecule has 1 aliphatic heterocycles. The van der Waals surface area contributed by atoms with Crippen molar-refractivity contribution in [3.63, 3.8) is 0 Å². The van der Waals surface area contributed by atoms with E-state index in [2.05, 4.69) is 145 Å². The molecule has 0 saturated heterocycles. The third kappa shape index (κ3) is 3.62. The van der Waals surface area contributed by atoms with Gasteiger partial charge in [-0.1, -0.05) is 0 Å². The first-order valence-corrected chi connectivity index (χ1v) is 17.3. The monoisotopic (exact) mass is 546 g/mol. The van der Waals surface area contributed by atoms with E-state index in [-0.39, 0.29) is 11.1 Å². The number of fused-ring (bicyclic) bond motifs is 1. The molecule has 34 heavy (non-hydrogen) atoms. The van der Waals surface area contributed by atoms with Gasteiger partial charge >= 0.3 is 218 Å². The van der Waals surface area contributed by atoms with Crippen LogP contribution in [0.2, 0.25) is 0 Å². The Bertz CT molecular complexity index is 1190. The Kier molecular flexibility index (Phi) is 6.30. The summed E-state index contributed by atoms with van der Waals surface area (Å²) in [5.74, 6) is 1.20. The molecule has 4 aromatic carbocycles. The average molecular weight is 548 g/mol. The third-order valence-corrected chi connectivity index (χ3v) is 20.0. The fourth-order valence-electron chi connectivity index (χ4n) is 5.57. The van der Waals surface area contributed by atoms with E-state index in [9.17, 15) is 0 Å². The van der Waals surface area contributed by atoms with Gasteiger partial charge in [0.2, 0.25) is 0 Å². The van der Waals surface area contributed by atoms with Crippen LogP contribution in [0.25, 0.3) is 0 Å². The Morgan fingerprint density at radius 2 is 1.21 bits per heavy atom. The van der Waals surface area contributed by atoms with E-state index >= 15 is 0 Å². The summed E-state index contributed by atoms with van der Waals surface area (Å²) in [6.45, 7) is 7.24. The van der Waals surface area contributed by atoms with Crippen LogP contribution < -0.4 is 15.9 Å². The summed E-state index contributed by atoms with van der Waals surface area (Å²) in [5.41, 5.74) is 3.34. The summed E-state index contributed by atoms with van der Waals surface area (Å²) in [6.07, 6.45) is 1.22. The third-order valence-electron chi connectivity index (χ3n) is 7.71. The van der Waals surface area contributed by atoms with Crippen LogP contribution in [0.15, 0.2) is 114 Å². The molecule has 4 aromatic rings. The van der Waals surface area contributed by atoms with Gasteiger partial charge in [0, 0.05) is 0 Å². The van der Waals surface area contributed by atoms with Crippen molar-refractivity contribution in [2.45, 2.75) is 43.2 Å². The van der Waals surface area contributed by atoms with Crippen LogP contribution in [0, 0.1) is 0 Å². The van der Waals surface area contributed by atoms with Crippen LogP contribution >= 0.6 is 32.6 Å². The van der Waals surface area contributed by atoms with E-state index in [0.717, 1.165) is 0 Å². The molecule has 0 amide bonds. The Hall–Kier alpha value is -1.86. The number of hydrogen-bond donors (Lipinski definition) is 0. The molecule has 0 saturated carbocycles. The molecule has 3 heteroatoms. The number of benzene rings is 4. The Balaban J connectivity index is 1.85. The van der Waals surface area contributed by atoms with Crippen molar-refractivity contribution < 1.29 is 0 Å². The average Bonchev–Trinajstić information content (AvgIpc) is 2.89. The zero-order valence-electron chi connectivity index (χ0n) is 20.1. The van der Waals surface area contributed by atoms with Gasteiger partial charge < -0.3 is 0 Å². The summed E-state index contributed by atoms with van der Waals surface area (Å²) < 4.78 is 0. The molecule has 0 fully saturated rings. The molecular formula is C31H32BrPS. The second-order valence-corrected chi connectivity index (χ2v) is 20.0. The first-order valence-electron chi connectivity index (χ1n) is 12.0. The minimum atomic E-state index is -3.08. The summed E-state index contributed by atoms with van der Waals surface area (Å²) in [7, 11) is 0. The molecule has 0 N–H and O–H groups in total. The molecule has 1 heterocycles. The summed E-state index contributed by atoms with van der Waals surface area (Å²) in [5, 5.41) is 1.02. The molecule has 0 aliphatic carbocycles. The van der Waals surface area contributed by atoms with Gasteiger partial charge in [-0.05, 0) is 0 Å². The van der Waals surface area contributed by atoms with Crippen LogP contribution in [-0.2, 0) is 5.41 Å². The topological polar surface area (TPSA) is 0 Å². The van der Waals surface area contributed by atoms with Crippen LogP contribution in [-0.4, -0.2) is 5.75 Å². The van der Waals surface area contributed by atoms with Crippen molar-refractivity contribution in [1.29, 1.82) is 0 Å². The first-order chi connectivity index (χ1) is 16.4. The normalized spacial score (nSPS) is 17.2. The standard InChI is InChI=1S/C31H32BrPS/c1-24(25-19-20-30-29(23-25)31(2,3)21-22-34-30)33(32,26-13-7-4-8-14-26,27-15-9-5-10-16-27)28-17-11-6-12-18-28/h4-20,23-24H,21-22H2,1-3H3. The molecule has 1 atom stereocenters. The SMILES string of the molecule is CC(c1ccc2c(c1)C(C)(C)CCS2)P(Br)(c1ccccc1)(c1ccccc1)c1ccccc1. The van der Waals surface area contributed by atoms with Crippen molar-refractivity contribution in [3.05, 3.63) is 120 Å². The zero-order valence-corrected chi connectivity index (χ0v) is 23.4. The van der Waals surface area contributed by atoms with Gasteiger partial charge in [-0.15, -0.1) is 0 Å². The first kappa shape index (κ1) is 23.9. The Labute approximate surface area is 216 Å². The molecular weight excluding hydrogens is 515 g/mol. The number of halogens is 1. The maximum atomic E-state index is 4.67. The predicted octanol–water partition coefficient (Wildman–Crippen LogP) is 8.36. The van der Waals surface area contributed by atoms with Gasteiger partial charge in [-0.3, -0.25) is 0 Å². The molecule has 1 aliphatic rings. The van der Waals surface area contributed by atoms with Gasteiger partial charge in [0.25, 0.3) is 0 Å². The Morgan fingerprint density at radius 1 is 0.735 bits per heavy atom. The van der Waals surface area contributed by atoms with Gasteiger partial charge in [0.15, 0.2) is 0 Å². The predicted molar refractivity (Wildman–Crippen MR) is 157 cm³/mol. The molecule has 0 aromatic heterocycles. The van der Waals surface area contributed by atoms with Crippen LogP contribution in [0.5, 0.6) is 0 Å². The summed E-state index contributed by atoms with van der Waals surface area (Å²) in [4.78, 5) is 1.45. The molecule has 174 valence electrons. The van der Waals surface area contributed by atoms with E-state index in [1.54, 1.807) is 0 Å². The van der Waals surface area contributed by atoms with Crippen LogP contribution in [0.3, 0.4) is 0 Å². The molecule has 0 spiro atoms. The number of hydrogen-bond acceptors (Lipinski definition) is 1. The number of rotatable bonds is 5. The van der Waals surface area contributed by atoms with Crippen LogP contribution in [0.1, 0.15) is 44.0 Å². The van der Waals surface area contributed by atoms with E-state index in [1.807, 2.05) is 11.8 Å². The van der Waals surface area contributed by atoms with E-state index in [1.165, 1.54) is 44.1 Å². The van der Waals surface area contributed by atoms with Gasteiger partial charge in [-0.2, -0.15) is 0 Å². The molecule has 0 bridgehead atoms. The zero-order chi connectivity index (χ0) is 23.8. The van der Waals surface area contributed by atoms with Gasteiger partial charge in [-0.25, -0.2) is 0 Å². The summed E-state index contributed by atoms with van der Waals surface area (Å²) in [6, 6.07) is 40.7. The Morgan fingerprint density at radius 3 is 1.68 bits per heavy atom. The maximum absolute atomic E-state index is 4.67. The minimum absolute atomic E-state index is 0.200. The van der Waals surface area contributed by atoms with Gasteiger partial charge in [0.1, 0.15) is 0 Å². The van der Waals surface area contributed by atoms with Crippen molar-refractivity contribution in [2.75, 3.05) is 5.75 Å². The fourth-order valence-corrected chi connectivity index (χ4v) is 15.1. The van der Waals surface area contributed by atoms with Crippen molar-refractivity contribution in [2.24, 2.45) is 0 Å². The molecule has 5 rings (SSSR count). The van der Waals surface area contributed by atoms with Gasteiger partial charge in [0.05, 0.1) is 0 Å². The van der Waals surface area contributed by atoms with E-state index < -0.39 is 5.31 Å². The molecule has 1 unspecified atom stereocenters. The van der Waals surface area contributed by atoms with Crippen LogP contribution in [0.4, 0.5) is 0 Å². The van der Waals surface area contributed by atoms with E-state index in [0.29, 0.717) is 0 Å². The van der Waals surface area contributed by atoms with Crippen molar-refractivity contribution in [1.82, 2.24) is 0 Å². The second kappa shape index (κ2) is 8.98. The van der Waals surface area contributed by atoms with Crippen molar-refractivity contribution in [3.8, 4) is 0 Å². The molecule has 0 nitrogen and oxygen atoms in total. The second-order valence-electron chi connectivity index (χ2n) is 9.99. The fraction of sp³-hybridized carbons (Fsp3) is 0.226. The van der Waals surface area contributed by atoms with Crippen molar-refractivity contribution >= 4 is 48.5 Å². The quantitative estimate of drug-likeness (QED) is 0.226. The summed E-state index contributed by atoms with van der Waals surface area (Å²) >= 11 is 6.68. The molecule has 0 radical (unpaired) electrons.